The second-order valence-electron chi connectivity index (χ2n) is 8.07. The van der Waals surface area contributed by atoms with Gasteiger partial charge in [0.25, 0.3) is 5.56 Å². The molecule has 0 saturated heterocycles. The number of hydrogen-bond donors (Lipinski definition) is 1. The van der Waals surface area contributed by atoms with E-state index in [0.717, 1.165) is 58.5 Å². The third-order valence-corrected chi connectivity index (χ3v) is 5.57. The van der Waals surface area contributed by atoms with Crippen LogP contribution in [0.15, 0.2) is 41.2 Å². The fourth-order valence-corrected chi connectivity index (χ4v) is 3.92. The number of pyridine rings is 1. The first kappa shape index (κ1) is 18.8. The number of aromatic nitrogens is 3. The van der Waals surface area contributed by atoms with Gasteiger partial charge in [-0.2, -0.15) is 0 Å². The lowest BCUT2D eigenvalue weighted by Crippen LogP contribution is -2.36. The van der Waals surface area contributed by atoms with Gasteiger partial charge >= 0.3 is 0 Å². The predicted molar refractivity (Wildman–Crippen MR) is 113 cm³/mol. The van der Waals surface area contributed by atoms with Gasteiger partial charge in [-0.3, -0.25) is 14.7 Å². The molecular formula is C23H24N4O3. The first-order chi connectivity index (χ1) is 14.6. The molecule has 2 aliphatic heterocycles. The summed E-state index contributed by atoms with van der Waals surface area (Å²) in [4.78, 5) is 27.3. The number of aromatic amines is 1. The standard InChI is InChI=1S/C23H24N4O3/c1-14(2)22-25-19-8-9-27(12-17(19)23(28)26-22)11-16-4-3-5-18(24-16)15-6-7-20-21(10-15)30-13-29-20/h3-7,10,14H,8-9,11-13H2,1-2H3,(H,25,26,28). The number of hydrogen-bond acceptors (Lipinski definition) is 6. The molecule has 0 atom stereocenters. The van der Waals surface area contributed by atoms with E-state index < -0.39 is 0 Å². The Labute approximate surface area is 174 Å². The molecule has 0 fully saturated rings. The van der Waals surface area contributed by atoms with E-state index in [4.69, 9.17) is 14.5 Å². The molecule has 0 bridgehead atoms. The summed E-state index contributed by atoms with van der Waals surface area (Å²) in [6.45, 7) is 6.47. The Morgan fingerprint density at radius 3 is 2.87 bits per heavy atom. The molecule has 0 amide bonds. The van der Waals surface area contributed by atoms with Crippen LogP contribution in [0, 0.1) is 0 Å². The summed E-state index contributed by atoms with van der Waals surface area (Å²) in [5, 5.41) is 0. The summed E-state index contributed by atoms with van der Waals surface area (Å²) in [7, 11) is 0. The molecule has 2 aromatic heterocycles. The van der Waals surface area contributed by atoms with Gasteiger partial charge < -0.3 is 14.5 Å². The van der Waals surface area contributed by atoms with E-state index in [-0.39, 0.29) is 18.3 Å². The number of nitrogens with zero attached hydrogens (tertiary/aromatic N) is 3. The summed E-state index contributed by atoms with van der Waals surface area (Å²) in [6.07, 6.45) is 0.779. The highest BCUT2D eigenvalue weighted by Crippen LogP contribution is 2.35. The van der Waals surface area contributed by atoms with Gasteiger partial charge in [0.15, 0.2) is 11.5 Å². The number of H-pyrrole nitrogens is 1. The van der Waals surface area contributed by atoms with Crippen LogP contribution < -0.4 is 15.0 Å². The Morgan fingerprint density at radius 2 is 2.00 bits per heavy atom. The second kappa shape index (κ2) is 7.57. The molecule has 7 heteroatoms. The molecule has 5 rings (SSSR count). The van der Waals surface area contributed by atoms with Crippen LogP contribution in [0.1, 0.15) is 42.5 Å². The van der Waals surface area contributed by atoms with Crippen LogP contribution in [0.2, 0.25) is 0 Å². The lowest BCUT2D eigenvalue weighted by atomic mass is 10.1. The lowest BCUT2D eigenvalue weighted by molar-refractivity contribution is 0.174. The molecule has 4 heterocycles. The van der Waals surface area contributed by atoms with Crippen LogP contribution in [0.5, 0.6) is 11.5 Å². The summed E-state index contributed by atoms with van der Waals surface area (Å²) in [5.74, 6) is 2.50. The Bertz CT molecular complexity index is 1160. The van der Waals surface area contributed by atoms with Crippen LogP contribution >= 0.6 is 0 Å². The van der Waals surface area contributed by atoms with Crippen LogP contribution in [0.3, 0.4) is 0 Å². The van der Waals surface area contributed by atoms with Gasteiger partial charge in [-0.05, 0) is 30.3 Å². The zero-order valence-electron chi connectivity index (χ0n) is 17.1. The summed E-state index contributed by atoms with van der Waals surface area (Å²) < 4.78 is 10.9. The maximum absolute atomic E-state index is 12.6. The fourth-order valence-electron chi connectivity index (χ4n) is 3.92. The fraction of sp³-hybridized carbons (Fsp3) is 0.348. The highest BCUT2D eigenvalue weighted by atomic mass is 16.7. The smallest absolute Gasteiger partial charge is 0.255 e. The van der Waals surface area contributed by atoms with Crippen molar-refractivity contribution in [2.75, 3.05) is 13.3 Å². The van der Waals surface area contributed by atoms with Crippen LogP contribution in [0.25, 0.3) is 11.3 Å². The third kappa shape index (κ3) is 3.57. The van der Waals surface area contributed by atoms with Gasteiger partial charge in [0.2, 0.25) is 6.79 Å². The number of ether oxygens (including phenoxy) is 2. The van der Waals surface area contributed by atoms with Crippen LogP contribution in [-0.2, 0) is 19.5 Å². The van der Waals surface area contributed by atoms with E-state index in [1.807, 2.05) is 50.2 Å². The Kier molecular flexibility index (Phi) is 4.75. The van der Waals surface area contributed by atoms with Crippen molar-refractivity contribution in [1.82, 2.24) is 19.9 Å². The molecule has 7 nitrogen and oxygen atoms in total. The minimum absolute atomic E-state index is 0.0181. The van der Waals surface area contributed by atoms with Gasteiger partial charge in [-0.15, -0.1) is 0 Å². The van der Waals surface area contributed by atoms with Gasteiger partial charge in [0, 0.05) is 37.5 Å². The van der Waals surface area contributed by atoms with E-state index in [2.05, 4.69) is 14.9 Å². The molecular weight excluding hydrogens is 380 g/mol. The molecule has 1 aromatic carbocycles. The van der Waals surface area contributed by atoms with Crippen molar-refractivity contribution in [2.24, 2.45) is 0 Å². The molecule has 0 saturated carbocycles. The molecule has 154 valence electrons. The van der Waals surface area contributed by atoms with Crippen molar-refractivity contribution < 1.29 is 9.47 Å². The number of rotatable bonds is 4. The molecule has 0 aliphatic carbocycles. The molecule has 0 spiro atoms. The summed E-state index contributed by atoms with van der Waals surface area (Å²) >= 11 is 0. The Balaban J connectivity index is 1.35. The maximum Gasteiger partial charge on any atom is 0.255 e. The van der Waals surface area contributed by atoms with Crippen molar-refractivity contribution in [2.45, 2.75) is 39.3 Å². The zero-order chi connectivity index (χ0) is 20.7. The van der Waals surface area contributed by atoms with E-state index >= 15 is 0 Å². The van der Waals surface area contributed by atoms with E-state index in [1.54, 1.807) is 0 Å². The average Bonchev–Trinajstić information content (AvgIpc) is 3.22. The highest BCUT2D eigenvalue weighted by molar-refractivity contribution is 5.64. The van der Waals surface area contributed by atoms with Gasteiger partial charge in [0.05, 0.1) is 22.6 Å². The molecule has 3 aromatic rings. The van der Waals surface area contributed by atoms with E-state index in [9.17, 15) is 4.79 Å². The monoisotopic (exact) mass is 404 g/mol. The van der Waals surface area contributed by atoms with Gasteiger partial charge in [-0.1, -0.05) is 19.9 Å². The minimum atomic E-state index is -0.0181. The average molecular weight is 404 g/mol. The van der Waals surface area contributed by atoms with Crippen LogP contribution in [0.4, 0.5) is 0 Å². The second-order valence-corrected chi connectivity index (χ2v) is 8.07. The highest BCUT2D eigenvalue weighted by Gasteiger charge is 2.22. The van der Waals surface area contributed by atoms with Crippen molar-refractivity contribution in [3.8, 4) is 22.8 Å². The van der Waals surface area contributed by atoms with Gasteiger partial charge in [0.1, 0.15) is 5.82 Å². The van der Waals surface area contributed by atoms with E-state index in [1.165, 1.54) is 0 Å². The number of nitrogens with one attached hydrogen (secondary N) is 1. The topological polar surface area (TPSA) is 80.3 Å². The van der Waals surface area contributed by atoms with Gasteiger partial charge in [-0.25, -0.2) is 4.98 Å². The lowest BCUT2D eigenvalue weighted by Gasteiger charge is -2.27. The van der Waals surface area contributed by atoms with Crippen molar-refractivity contribution in [1.29, 1.82) is 0 Å². The third-order valence-electron chi connectivity index (χ3n) is 5.57. The quantitative estimate of drug-likeness (QED) is 0.719. The Hall–Kier alpha value is -3.19. The first-order valence-corrected chi connectivity index (χ1v) is 10.3. The first-order valence-electron chi connectivity index (χ1n) is 10.3. The number of benzene rings is 1. The SMILES string of the molecule is CC(C)c1nc2c(c(=O)[nH]1)CN(Cc1cccc(-c3ccc4c(c3)OCO4)n1)CC2. The predicted octanol–water partition coefficient (Wildman–Crippen LogP) is 3.24. The molecule has 2 aliphatic rings. The van der Waals surface area contributed by atoms with Crippen LogP contribution in [-0.4, -0.2) is 33.2 Å². The zero-order valence-corrected chi connectivity index (χ0v) is 17.1. The molecule has 0 unspecified atom stereocenters. The number of fused-ring (bicyclic) bond motifs is 2. The van der Waals surface area contributed by atoms with Crippen molar-refractivity contribution >= 4 is 0 Å². The molecule has 30 heavy (non-hydrogen) atoms. The summed E-state index contributed by atoms with van der Waals surface area (Å²) in [5.41, 5.74) is 4.54. The Morgan fingerprint density at radius 1 is 1.13 bits per heavy atom. The summed E-state index contributed by atoms with van der Waals surface area (Å²) in [6, 6.07) is 11.9. The molecule has 1 N–H and O–H groups in total. The van der Waals surface area contributed by atoms with Crippen molar-refractivity contribution in [3.05, 3.63) is 69.5 Å². The van der Waals surface area contributed by atoms with Crippen molar-refractivity contribution in [3.63, 3.8) is 0 Å². The normalized spacial score (nSPS) is 15.4. The minimum Gasteiger partial charge on any atom is -0.454 e. The maximum atomic E-state index is 12.6. The van der Waals surface area contributed by atoms with E-state index in [0.29, 0.717) is 13.1 Å². The largest absolute Gasteiger partial charge is 0.454 e. The molecule has 0 radical (unpaired) electrons.